The second-order valence-corrected chi connectivity index (χ2v) is 4.94. The number of aliphatic hydroxyl groups is 1. The van der Waals surface area contributed by atoms with Gasteiger partial charge in [-0.1, -0.05) is 11.3 Å². The van der Waals surface area contributed by atoms with Gasteiger partial charge in [0.25, 0.3) is 0 Å². The molecule has 1 aromatic heterocycles. The molecule has 0 bridgehead atoms. The molecule has 4 nitrogen and oxygen atoms in total. The predicted molar refractivity (Wildman–Crippen MR) is 63.2 cm³/mol. The summed E-state index contributed by atoms with van der Waals surface area (Å²) in [6.45, 7) is 1.29. The maximum absolute atomic E-state index is 9.02. The normalized spacial score (nSPS) is 21.9. The number of hydrogen-bond acceptors (Lipinski definition) is 5. The SMILES string of the molecule is Nc1cnc(N2CCCCC2CCO)s1. The minimum absolute atomic E-state index is 0.252. The number of anilines is 2. The van der Waals surface area contributed by atoms with Crippen molar-refractivity contribution in [2.75, 3.05) is 23.8 Å². The van der Waals surface area contributed by atoms with E-state index in [1.807, 2.05) is 0 Å². The van der Waals surface area contributed by atoms with E-state index in [2.05, 4.69) is 9.88 Å². The Morgan fingerprint density at radius 3 is 3.13 bits per heavy atom. The molecule has 0 saturated carbocycles. The van der Waals surface area contributed by atoms with Crippen LogP contribution in [-0.4, -0.2) is 29.3 Å². The molecule has 84 valence electrons. The maximum atomic E-state index is 9.02. The number of nitrogen functional groups attached to an aromatic ring is 1. The molecule has 1 saturated heterocycles. The van der Waals surface area contributed by atoms with Crippen molar-refractivity contribution < 1.29 is 5.11 Å². The molecule has 2 heterocycles. The fourth-order valence-electron chi connectivity index (χ4n) is 2.11. The van der Waals surface area contributed by atoms with Gasteiger partial charge in [0.05, 0.1) is 6.20 Å². The number of piperidine rings is 1. The summed E-state index contributed by atoms with van der Waals surface area (Å²) >= 11 is 1.53. The summed E-state index contributed by atoms with van der Waals surface area (Å²) < 4.78 is 0. The Hall–Kier alpha value is -0.810. The lowest BCUT2D eigenvalue weighted by Gasteiger charge is -2.35. The molecule has 1 unspecified atom stereocenters. The van der Waals surface area contributed by atoms with Gasteiger partial charge >= 0.3 is 0 Å². The number of aromatic nitrogens is 1. The van der Waals surface area contributed by atoms with Crippen LogP contribution < -0.4 is 10.6 Å². The molecule has 3 N–H and O–H groups in total. The van der Waals surface area contributed by atoms with Gasteiger partial charge in [-0.05, 0) is 25.7 Å². The number of aliphatic hydroxyl groups excluding tert-OH is 1. The zero-order chi connectivity index (χ0) is 10.7. The van der Waals surface area contributed by atoms with Crippen molar-refractivity contribution in [1.29, 1.82) is 0 Å². The minimum atomic E-state index is 0.252. The van der Waals surface area contributed by atoms with E-state index >= 15 is 0 Å². The van der Waals surface area contributed by atoms with Crippen molar-refractivity contribution >= 4 is 21.5 Å². The van der Waals surface area contributed by atoms with Gasteiger partial charge < -0.3 is 15.7 Å². The van der Waals surface area contributed by atoms with Crippen LogP contribution in [0.15, 0.2) is 6.20 Å². The molecule has 1 aromatic rings. The Morgan fingerprint density at radius 1 is 1.60 bits per heavy atom. The van der Waals surface area contributed by atoms with Crippen LogP contribution in [0.4, 0.5) is 10.1 Å². The van der Waals surface area contributed by atoms with Gasteiger partial charge in [-0.15, -0.1) is 0 Å². The van der Waals surface area contributed by atoms with E-state index in [1.54, 1.807) is 6.20 Å². The minimum Gasteiger partial charge on any atom is -0.396 e. The van der Waals surface area contributed by atoms with Gasteiger partial charge in [-0.25, -0.2) is 4.98 Å². The average molecular weight is 227 g/mol. The lowest BCUT2D eigenvalue weighted by molar-refractivity contribution is 0.262. The van der Waals surface area contributed by atoms with Crippen LogP contribution in [-0.2, 0) is 0 Å². The highest BCUT2D eigenvalue weighted by molar-refractivity contribution is 7.19. The number of nitrogens with zero attached hydrogens (tertiary/aromatic N) is 2. The average Bonchev–Trinajstić information content (AvgIpc) is 2.66. The van der Waals surface area contributed by atoms with E-state index in [0.717, 1.165) is 29.5 Å². The van der Waals surface area contributed by atoms with E-state index in [-0.39, 0.29) is 6.61 Å². The number of hydrogen-bond donors (Lipinski definition) is 2. The molecule has 1 atom stereocenters. The Kier molecular flexibility index (Phi) is 3.43. The van der Waals surface area contributed by atoms with Crippen LogP contribution in [0, 0.1) is 0 Å². The number of nitrogens with two attached hydrogens (primary N) is 1. The molecule has 0 amide bonds. The third-order valence-electron chi connectivity index (χ3n) is 2.85. The smallest absolute Gasteiger partial charge is 0.187 e. The lowest BCUT2D eigenvalue weighted by Crippen LogP contribution is -2.40. The molecule has 0 spiro atoms. The van der Waals surface area contributed by atoms with Crippen LogP contribution >= 0.6 is 11.3 Å². The van der Waals surface area contributed by atoms with Gasteiger partial charge in [-0.3, -0.25) is 0 Å². The van der Waals surface area contributed by atoms with E-state index in [1.165, 1.54) is 24.2 Å². The van der Waals surface area contributed by atoms with E-state index < -0.39 is 0 Å². The van der Waals surface area contributed by atoms with Gasteiger partial charge in [-0.2, -0.15) is 0 Å². The summed E-state index contributed by atoms with van der Waals surface area (Å²) in [6.07, 6.45) is 6.16. The highest BCUT2D eigenvalue weighted by Crippen LogP contribution is 2.30. The molecule has 0 radical (unpaired) electrons. The largest absolute Gasteiger partial charge is 0.396 e. The number of thiazole rings is 1. The third-order valence-corrected chi connectivity index (χ3v) is 3.71. The highest BCUT2D eigenvalue weighted by atomic mass is 32.1. The molecular formula is C10H17N3OS. The van der Waals surface area contributed by atoms with Gasteiger partial charge in [0.2, 0.25) is 0 Å². The quantitative estimate of drug-likeness (QED) is 0.820. The van der Waals surface area contributed by atoms with Crippen LogP contribution in [0.5, 0.6) is 0 Å². The zero-order valence-corrected chi connectivity index (χ0v) is 9.54. The molecule has 2 rings (SSSR count). The predicted octanol–water partition coefficient (Wildman–Crippen LogP) is 1.47. The first-order valence-electron chi connectivity index (χ1n) is 5.40. The summed E-state index contributed by atoms with van der Waals surface area (Å²) in [7, 11) is 0. The van der Waals surface area contributed by atoms with Crippen molar-refractivity contribution in [2.45, 2.75) is 31.7 Å². The fraction of sp³-hybridized carbons (Fsp3) is 0.700. The van der Waals surface area contributed by atoms with Crippen molar-refractivity contribution in [3.05, 3.63) is 6.20 Å². The van der Waals surface area contributed by atoms with Crippen LogP contribution in [0.1, 0.15) is 25.7 Å². The van der Waals surface area contributed by atoms with Gasteiger partial charge in [0.15, 0.2) is 5.13 Å². The summed E-state index contributed by atoms with van der Waals surface area (Å²) in [4.78, 5) is 6.60. The van der Waals surface area contributed by atoms with Crippen molar-refractivity contribution in [2.24, 2.45) is 0 Å². The molecule has 1 aliphatic heterocycles. The first-order chi connectivity index (χ1) is 7.31. The first-order valence-corrected chi connectivity index (χ1v) is 6.21. The second kappa shape index (κ2) is 4.81. The Morgan fingerprint density at radius 2 is 2.47 bits per heavy atom. The van der Waals surface area contributed by atoms with Crippen LogP contribution in [0.2, 0.25) is 0 Å². The standard InChI is InChI=1S/C10H17N3OS/c11-9-7-12-10(15-9)13-5-2-1-3-8(13)4-6-14/h7-8,14H,1-6,11H2. The summed E-state index contributed by atoms with van der Waals surface area (Å²) in [5.41, 5.74) is 5.68. The molecule has 0 aliphatic carbocycles. The van der Waals surface area contributed by atoms with Crippen molar-refractivity contribution in [1.82, 2.24) is 4.98 Å². The monoisotopic (exact) mass is 227 g/mol. The second-order valence-electron chi connectivity index (χ2n) is 3.90. The van der Waals surface area contributed by atoms with E-state index in [4.69, 9.17) is 10.8 Å². The van der Waals surface area contributed by atoms with Crippen LogP contribution in [0.25, 0.3) is 0 Å². The summed E-state index contributed by atoms with van der Waals surface area (Å²) in [5.74, 6) is 0. The highest BCUT2D eigenvalue weighted by Gasteiger charge is 2.23. The fourth-order valence-corrected chi connectivity index (χ4v) is 2.89. The van der Waals surface area contributed by atoms with Crippen molar-refractivity contribution in [3.8, 4) is 0 Å². The maximum Gasteiger partial charge on any atom is 0.187 e. The Bertz CT molecular complexity index is 313. The van der Waals surface area contributed by atoms with Gasteiger partial charge in [0.1, 0.15) is 5.00 Å². The Labute approximate surface area is 93.7 Å². The number of rotatable bonds is 3. The van der Waals surface area contributed by atoms with Gasteiger partial charge in [0, 0.05) is 19.2 Å². The topological polar surface area (TPSA) is 62.4 Å². The summed E-state index contributed by atoms with van der Waals surface area (Å²) in [5, 5.41) is 10.8. The Balaban J connectivity index is 2.10. The first kappa shape index (κ1) is 10.7. The summed E-state index contributed by atoms with van der Waals surface area (Å²) in [6, 6.07) is 0.439. The van der Waals surface area contributed by atoms with E-state index in [0.29, 0.717) is 6.04 Å². The molecule has 0 aromatic carbocycles. The zero-order valence-electron chi connectivity index (χ0n) is 8.72. The molecule has 15 heavy (non-hydrogen) atoms. The molecular weight excluding hydrogens is 210 g/mol. The van der Waals surface area contributed by atoms with E-state index in [9.17, 15) is 0 Å². The third kappa shape index (κ3) is 2.41. The molecule has 1 aliphatic rings. The van der Waals surface area contributed by atoms with Crippen LogP contribution in [0.3, 0.4) is 0 Å². The molecule has 5 heteroatoms. The van der Waals surface area contributed by atoms with Crippen molar-refractivity contribution in [3.63, 3.8) is 0 Å². The lowest BCUT2D eigenvalue weighted by atomic mass is 10.0. The molecule has 1 fully saturated rings.